The van der Waals surface area contributed by atoms with Crippen LogP contribution in [0.3, 0.4) is 0 Å². The molecule has 1 aliphatic carbocycles. The minimum atomic E-state index is -0.615. The van der Waals surface area contributed by atoms with Crippen LogP contribution in [0.15, 0.2) is 54.0 Å². The third-order valence-corrected chi connectivity index (χ3v) is 5.93. The number of aromatic hydroxyl groups is 1. The summed E-state index contributed by atoms with van der Waals surface area (Å²) in [5.74, 6) is -0.458. The first-order chi connectivity index (χ1) is 14.0. The van der Waals surface area contributed by atoms with Crippen molar-refractivity contribution in [2.45, 2.75) is 51.4 Å². The van der Waals surface area contributed by atoms with Crippen LogP contribution in [0, 0.1) is 0 Å². The Kier molecular flexibility index (Phi) is 5.75. The molecule has 158 valence electrons. The molecule has 3 rings (SSSR count). The average Bonchev–Trinajstić information content (AvgIpc) is 2.69. The van der Waals surface area contributed by atoms with Crippen LogP contribution in [0.25, 0.3) is 0 Å². The van der Waals surface area contributed by atoms with Crippen LogP contribution in [0.4, 0.5) is 5.69 Å². The molecule has 30 heavy (non-hydrogen) atoms. The van der Waals surface area contributed by atoms with E-state index in [1.807, 2.05) is 6.07 Å². The summed E-state index contributed by atoms with van der Waals surface area (Å²) in [4.78, 5) is 16.4. The Morgan fingerprint density at radius 3 is 2.43 bits per heavy atom. The molecule has 0 aromatic heterocycles. The highest BCUT2D eigenvalue weighted by molar-refractivity contribution is 6.00. The highest BCUT2D eigenvalue weighted by Gasteiger charge is 2.37. The molecule has 5 nitrogen and oxygen atoms in total. The van der Waals surface area contributed by atoms with Gasteiger partial charge in [0.1, 0.15) is 23.8 Å². The molecule has 0 unspecified atom stereocenters. The largest absolute Gasteiger partial charge is 0.507 e. The molecule has 0 amide bonds. The predicted octanol–water partition coefficient (Wildman–Crippen LogP) is 5.12. The van der Waals surface area contributed by atoms with Crippen LogP contribution in [0.1, 0.15) is 67.6 Å². The van der Waals surface area contributed by atoms with E-state index in [2.05, 4.69) is 51.4 Å². The number of hydrogen-bond donors (Lipinski definition) is 2. The maximum atomic E-state index is 11.9. The first-order valence-corrected chi connectivity index (χ1v) is 10.2. The number of benzene rings is 2. The van der Waals surface area contributed by atoms with Crippen molar-refractivity contribution in [1.82, 2.24) is 0 Å². The van der Waals surface area contributed by atoms with Gasteiger partial charge in [-0.05, 0) is 53.0 Å². The lowest BCUT2D eigenvalue weighted by molar-refractivity contribution is 0.0546. The third-order valence-electron chi connectivity index (χ3n) is 5.93. The number of hydrogen-bond acceptors (Lipinski definition) is 4. The molecule has 1 aliphatic rings. The molecule has 0 aliphatic heterocycles. The smallest absolute Gasteiger partial charge is 0.342 e. The minimum absolute atomic E-state index is 0.0760. The fourth-order valence-corrected chi connectivity index (χ4v) is 3.93. The maximum Gasteiger partial charge on any atom is 0.342 e. The molecular formula is C25H30N2O3. The summed E-state index contributed by atoms with van der Waals surface area (Å²) in [5.41, 5.74) is 10.5. The third kappa shape index (κ3) is 4.25. The average molecular weight is 407 g/mol. The monoisotopic (exact) mass is 406 g/mol. The number of esters is 1. The normalized spacial score (nSPS) is 17.1. The van der Waals surface area contributed by atoms with Gasteiger partial charge in [-0.1, -0.05) is 52.5 Å². The molecule has 0 heterocycles. The summed E-state index contributed by atoms with van der Waals surface area (Å²) in [6.07, 6.45) is 3.73. The molecule has 0 saturated heterocycles. The van der Waals surface area contributed by atoms with Gasteiger partial charge in [0.05, 0.1) is 5.69 Å². The van der Waals surface area contributed by atoms with Crippen molar-refractivity contribution >= 4 is 17.5 Å². The number of aliphatic imine (C=N–C) groups is 1. The Morgan fingerprint density at radius 1 is 1.13 bits per heavy atom. The van der Waals surface area contributed by atoms with E-state index in [-0.39, 0.29) is 28.7 Å². The number of amidine groups is 1. The molecule has 5 heteroatoms. The van der Waals surface area contributed by atoms with Gasteiger partial charge < -0.3 is 15.6 Å². The standard InChI is InChI=1S/C25H30N2O3/c1-6-13-30-23(29)18-9-8-17(15-21(18)28)27-22(26)16-7-10-19-20(14-16)25(4,5)12-11-24(19,2)3/h6-10,14-15,28H,1,11-13H2,2-5H3,(H2,26,27). The van der Waals surface area contributed by atoms with Crippen molar-refractivity contribution in [2.75, 3.05) is 6.61 Å². The van der Waals surface area contributed by atoms with Crippen LogP contribution in [0.5, 0.6) is 5.75 Å². The number of carbonyl (C=O) groups excluding carboxylic acids is 1. The Hall–Kier alpha value is -3.08. The minimum Gasteiger partial charge on any atom is -0.507 e. The zero-order chi connectivity index (χ0) is 22.1. The van der Waals surface area contributed by atoms with E-state index in [4.69, 9.17) is 10.5 Å². The Bertz CT molecular complexity index is 1020. The zero-order valence-corrected chi connectivity index (χ0v) is 18.2. The van der Waals surface area contributed by atoms with Gasteiger partial charge in [0.2, 0.25) is 0 Å². The van der Waals surface area contributed by atoms with E-state index in [9.17, 15) is 9.90 Å². The van der Waals surface area contributed by atoms with Gasteiger partial charge in [-0.3, -0.25) is 0 Å². The van der Waals surface area contributed by atoms with Gasteiger partial charge in [0, 0.05) is 11.6 Å². The van der Waals surface area contributed by atoms with Crippen LogP contribution < -0.4 is 5.73 Å². The lowest BCUT2D eigenvalue weighted by atomic mass is 9.63. The SMILES string of the molecule is C=CCOC(=O)c1ccc(N=C(N)c2ccc3c(c2)C(C)(C)CCC3(C)C)cc1O. The Balaban J connectivity index is 1.92. The highest BCUT2D eigenvalue weighted by Crippen LogP contribution is 2.45. The Labute approximate surface area is 178 Å². The van der Waals surface area contributed by atoms with E-state index in [0.29, 0.717) is 11.5 Å². The van der Waals surface area contributed by atoms with Crippen molar-refractivity contribution < 1.29 is 14.6 Å². The van der Waals surface area contributed by atoms with Gasteiger partial charge in [0.25, 0.3) is 0 Å². The van der Waals surface area contributed by atoms with E-state index < -0.39 is 5.97 Å². The quantitative estimate of drug-likeness (QED) is 0.312. The fraction of sp³-hybridized carbons (Fsp3) is 0.360. The number of carbonyl (C=O) groups is 1. The zero-order valence-electron chi connectivity index (χ0n) is 18.2. The number of rotatable bonds is 5. The molecule has 0 fully saturated rings. The van der Waals surface area contributed by atoms with Crippen LogP contribution in [0.2, 0.25) is 0 Å². The second kappa shape index (κ2) is 7.98. The van der Waals surface area contributed by atoms with Crippen molar-refractivity contribution in [3.05, 3.63) is 71.3 Å². The first kappa shape index (κ1) is 21.6. The molecular weight excluding hydrogens is 376 g/mol. The van der Waals surface area contributed by atoms with Gasteiger partial charge in [-0.25, -0.2) is 9.79 Å². The van der Waals surface area contributed by atoms with E-state index >= 15 is 0 Å². The van der Waals surface area contributed by atoms with E-state index in [1.165, 1.54) is 29.3 Å². The maximum absolute atomic E-state index is 11.9. The lowest BCUT2D eigenvalue weighted by Crippen LogP contribution is -2.34. The summed E-state index contributed by atoms with van der Waals surface area (Å²) in [7, 11) is 0. The summed E-state index contributed by atoms with van der Waals surface area (Å²) in [6, 6.07) is 10.8. The number of ether oxygens (including phenoxy) is 1. The summed E-state index contributed by atoms with van der Waals surface area (Å²) in [5, 5.41) is 10.2. The summed E-state index contributed by atoms with van der Waals surface area (Å²) in [6.45, 7) is 12.7. The number of nitrogens with zero attached hydrogens (tertiary/aromatic N) is 1. The number of phenolic OH excluding ortho intramolecular Hbond substituents is 1. The Morgan fingerprint density at radius 2 is 1.80 bits per heavy atom. The van der Waals surface area contributed by atoms with Crippen LogP contribution in [-0.2, 0) is 15.6 Å². The fourth-order valence-electron chi connectivity index (χ4n) is 3.93. The summed E-state index contributed by atoms with van der Waals surface area (Å²) >= 11 is 0. The second-order valence-electron chi connectivity index (χ2n) is 9.11. The second-order valence-corrected chi connectivity index (χ2v) is 9.11. The highest BCUT2D eigenvalue weighted by atomic mass is 16.5. The molecule has 0 saturated carbocycles. The number of phenols is 1. The van der Waals surface area contributed by atoms with Crippen molar-refractivity contribution in [1.29, 1.82) is 0 Å². The lowest BCUT2D eigenvalue weighted by Gasteiger charge is -2.42. The van der Waals surface area contributed by atoms with Crippen molar-refractivity contribution in [3.8, 4) is 5.75 Å². The van der Waals surface area contributed by atoms with Crippen LogP contribution in [-0.4, -0.2) is 23.5 Å². The molecule has 3 N–H and O–H groups in total. The molecule has 2 aromatic carbocycles. The van der Waals surface area contributed by atoms with Gasteiger partial charge in [-0.2, -0.15) is 0 Å². The molecule has 0 radical (unpaired) electrons. The molecule has 0 bridgehead atoms. The summed E-state index contributed by atoms with van der Waals surface area (Å²) < 4.78 is 4.96. The van der Waals surface area contributed by atoms with Gasteiger partial charge in [-0.15, -0.1) is 0 Å². The van der Waals surface area contributed by atoms with Gasteiger partial charge >= 0.3 is 5.97 Å². The van der Waals surface area contributed by atoms with Gasteiger partial charge in [0.15, 0.2) is 0 Å². The number of nitrogens with two attached hydrogens (primary N) is 1. The first-order valence-electron chi connectivity index (χ1n) is 10.2. The molecule has 2 aromatic rings. The van der Waals surface area contributed by atoms with Crippen molar-refractivity contribution in [3.63, 3.8) is 0 Å². The van der Waals surface area contributed by atoms with Crippen LogP contribution >= 0.6 is 0 Å². The predicted molar refractivity (Wildman–Crippen MR) is 121 cm³/mol. The van der Waals surface area contributed by atoms with Crippen molar-refractivity contribution in [2.24, 2.45) is 10.7 Å². The molecule has 0 spiro atoms. The topological polar surface area (TPSA) is 84.9 Å². The molecule has 0 atom stereocenters. The number of fused-ring (bicyclic) bond motifs is 1. The van der Waals surface area contributed by atoms with E-state index in [0.717, 1.165) is 18.4 Å². The van der Waals surface area contributed by atoms with E-state index in [1.54, 1.807) is 6.07 Å².